The van der Waals surface area contributed by atoms with Crippen molar-refractivity contribution in [2.45, 2.75) is 6.54 Å². The largest absolute Gasteiger partial charge is 0.465 e. The van der Waals surface area contributed by atoms with Crippen LogP contribution in [-0.4, -0.2) is 27.9 Å². The zero-order valence-electron chi connectivity index (χ0n) is 18.3. The summed E-state index contributed by atoms with van der Waals surface area (Å²) in [5, 5.41) is 1.04. The van der Waals surface area contributed by atoms with E-state index >= 15 is 0 Å². The van der Waals surface area contributed by atoms with Gasteiger partial charge in [-0.2, -0.15) is 0 Å². The third kappa shape index (κ3) is 4.16. The maximum absolute atomic E-state index is 13.2. The summed E-state index contributed by atoms with van der Waals surface area (Å²) < 4.78 is 7.49. The first-order chi connectivity index (χ1) is 16.5. The minimum Gasteiger partial charge on any atom is -0.465 e. The second kappa shape index (κ2) is 9.29. The van der Waals surface area contributed by atoms with Gasteiger partial charge in [-0.25, -0.2) is 4.79 Å². The van der Waals surface area contributed by atoms with Crippen molar-refractivity contribution >= 4 is 62.8 Å². The summed E-state index contributed by atoms with van der Waals surface area (Å²) in [4.78, 5) is 27.3. The van der Waals surface area contributed by atoms with Crippen LogP contribution in [0.4, 0.5) is 5.69 Å². The molecule has 1 fully saturated rings. The number of ether oxygens (including phenoxy) is 1. The van der Waals surface area contributed by atoms with Crippen LogP contribution in [0.5, 0.6) is 0 Å². The van der Waals surface area contributed by atoms with Crippen LogP contribution >= 0.6 is 24.0 Å². The number of thioether (sulfide) groups is 1. The van der Waals surface area contributed by atoms with Crippen molar-refractivity contribution in [1.29, 1.82) is 0 Å². The molecule has 168 valence electrons. The predicted molar refractivity (Wildman–Crippen MR) is 141 cm³/mol. The number of carbonyl (C=O) groups is 2. The number of hydrogen-bond acceptors (Lipinski definition) is 5. The van der Waals surface area contributed by atoms with Crippen molar-refractivity contribution < 1.29 is 14.3 Å². The summed E-state index contributed by atoms with van der Waals surface area (Å²) >= 11 is 6.82. The molecule has 5 rings (SSSR count). The van der Waals surface area contributed by atoms with Gasteiger partial charge < -0.3 is 9.30 Å². The fourth-order valence-corrected chi connectivity index (χ4v) is 5.33. The maximum atomic E-state index is 13.2. The minimum atomic E-state index is -0.361. The smallest absolute Gasteiger partial charge is 0.337 e. The van der Waals surface area contributed by atoms with Crippen molar-refractivity contribution in [3.8, 4) is 0 Å². The van der Waals surface area contributed by atoms with Crippen LogP contribution in [0.25, 0.3) is 17.0 Å². The number of rotatable bonds is 5. The van der Waals surface area contributed by atoms with Gasteiger partial charge in [0, 0.05) is 29.2 Å². The van der Waals surface area contributed by atoms with Gasteiger partial charge >= 0.3 is 5.97 Å². The number of esters is 1. The number of fused-ring (bicyclic) bond motifs is 1. The molecule has 0 N–H and O–H groups in total. The predicted octanol–water partition coefficient (Wildman–Crippen LogP) is 5.88. The number of benzene rings is 3. The van der Waals surface area contributed by atoms with Crippen LogP contribution in [0.3, 0.4) is 0 Å². The van der Waals surface area contributed by atoms with Gasteiger partial charge in [-0.3, -0.25) is 9.69 Å². The van der Waals surface area contributed by atoms with Crippen molar-refractivity contribution in [2.75, 3.05) is 12.0 Å². The highest BCUT2D eigenvalue weighted by Gasteiger charge is 2.33. The zero-order chi connectivity index (χ0) is 23.7. The molecule has 0 unspecified atom stereocenters. The van der Waals surface area contributed by atoms with Crippen LogP contribution in [0.15, 0.2) is 90.0 Å². The molecule has 1 aliphatic rings. The monoisotopic (exact) mass is 484 g/mol. The van der Waals surface area contributed by atoms with E-state index in [-0.39, 0.29) is 11.9 Å². The van der Waals surface area contributed by atoms with E-state index in [4.69, 9.17) is 17.0 Å². The molecule has 1 amide bonds. The molecule has 0 atom stereocenters. The number of nitrogens with zero attached hydrogens (tertiary/aromatic N) is 2. The third-order valence-electron chi connectivity index (χ3n) is 5.62. The molecule has 0 saturated carbocycles. The standard InChI is InChI=1S/C27H20N2O3S2/c1-32-26(31)19-9-7-8-18(14-19)16-28-17-20(22-12-5-6-13-23(22)28)15-24-25(30)29(27(33)34-24)21-10-3-2-4-11-21/h2-15,17H,16H2,1H3/b24-15-. The van der Waals surface area contributed by atoms with Crippen LogP contribution in [-0.2, 0) is 16.1 Å². The number of anilines is 1. The molecule has 1 aromatic heterocycles. The maximum Gasteiger partial charge on any atom is 0.337 e. The number of aromatic nitrogens is 1. The Hall–Kier alpha value is -3.68. The summed E-state index contributed by atoms with van der Waals surface area (Å²) in [5.74, 6) is -0.482. The van der Waals surface area contributed by atoms with Crippen molar-refractivity contribution in [3.63, 3.8) is 0 Å². The molecule has 5 nitrogen and oxygen atoms in total. The summed E-state index contributed by atoms with van der Waals surface area (Å²) in [5.41, 5.74) is 4.23. The molecule has 34 heavy (non-hydrogen) atoms. The lowest BCUT2D eigenvalue weighted by Crippen LogP contribution is -2.27. The molecule has 4 aromatic rings. The SMILES string of the molecule is COC(=O)c1cccc(Cn2cc(/C=C3\SC(=S)N(c4ccccc4)C3=O)c3ccccc32)c1. The molecule has 1 aliphatic heterocycles. The van der Waals surface area contributed by atoms with E-state index in [1.165, 1.54) is 18.9 Å². The van der Waals surface area contributed by atoms with Crippen molar-refractivity contribution in [2.24, 2.45) is 0 Å². The highest BCUT2D eigenvalue weighted by molar-refractivity contribution is 8.27. The Bertz CT molecular complexity index is 1460. The first-order valence-corrected chi connectivity index (χ1v) is 11.9. The third-order valence-corrected chi connectivity index (χ3v) is 6.92. The Labute approximate surface area is 206 Å². The summed E-state index contributed by atoms with van der Waals surface area (Å²) in [6.07, 6.45) is 3.94. The fraction of sp³-hybridized carbons (Fsp3) is 0.0741. The Morgan fingerprint density at radius 1 is 1.03 bits per heavy atom. The number of methoxy groups -OCH3 is 1. The molecule has 3 aromatic carbocycles. The first kappa shape index (κ1) is 22.1. The Kier molecular flexibility index (Phi) is 6.04. The van der Waals surface area contributed by atoms with Crippen LogP contribution in [0, 0.1) is 0 Å². The zero-order valence-corrected chi connectivity index (χ0v) is 19.9. The van der Waals surface area contributed by atoms with Crippen LogP contribution < -0.4 is 4.90 Å². The van der Waals surface area contributed by atoms with Gasteiger partial charge in [0.15, 0.2) is 4.32 Å². The second-order valence-corrected chi connectivity index (χ2v) is 9.45. The number of carbonyl (C=O) groups excluding carboxylic acids is 2. The molecule has 2 heterocycles. The van der Waals surface area contributed by atoms with E-state index in [0.29, 0.717) is 21.3 Å². The van der Waals surface area contributed by atoms with E-state index in [0.717, 1.165) is 27.7 Å². The lowest BCUT2D eigenvalue weighted by molar-refractivity contribution is -0.113. The van der Waals surface area contributed by atoms with E-state index < -0.39 is 0 Å². The highest BCUT2D eigenvalue weighted by Crippen LogP contribution is 2.37. The normalized spacial score (nSPS) is 14.9. The average Bonchev–Trinajstić information content (AvgIpc) is 3.35. The summed E-state index contributed by atoms with van der Waals surface area (Å²) in [7, 11) is 1.38. The average molecular weight is 485 g/mol. The molecule has 7 heteroatoms. The van der Waals surface area contributed by atoms with Gasteiger partial charge in [-0.05, 0) is 42.0 Å². The van der Waals surface area contributed by atoms with Crippen molar-refractivity contribution in [3.05, 3.63) is 107 Å². The molecule has 0 spiro atoms. The van der Waals surface area contributed by atoms with E-state index in [2.05, 4.69) is 4.57 Å². The lowest BCUT2D eigenvalue weighted by atomic mass is 10.1. The van der Waals surface area contributed by atoms with Crippen molar-refractivity contribution in [1.82, 2.24) is 4.57 Å². The summed E-state index contributed by atoms with van der Waals surface area (Å²) in [6, 6.07) is 24.9. The Morgan fingerprint density at radius 2 is 1.79 bits per heavy atom. The van der Waals surface area contributed by atoms with Gasteiger partial charge in [0.25, 0.3) is 5.91 Å². The van der Waals surface area contributed by atoms with Gasteiger partial charge in [0.1, 0.15) is 0 Å². The Balaban J connectivity index is 1.50. The lowest BCUT2D eigenvalue weighted by Gasteiger charge is -2.13. The van der Waals surface area contributed by atoms with Gasteiger partial charge in [0.2, 0.25) is 0 Å². The molecular formula is C27H20N2O3S2. The molecule has 1 saturated heterocycles. The molecular weight excluding hydrogens is 464 g/mol. The van der Waals surface area contributed by atoms with Gasteiger partial charge in [0.05, 0.1) is 23.3 Å². The molecule has 0 bridgehead atoms. The fourth-order valence-electron chi connectivity index (χ4n) is 4.04. The molecule has 0 aliphatic carbocycles. The van der Waals surface area contributed by atoms with Crippen LogP contribution in [0.2, 0.25) is 0 Å². The second-order valence-electron chi connectivity index (χ2n) is 7.77. The van der Waals surface area contributed by atoms with E-state index in [9.17, 15) is 9.59 Å². The van der Waals surface area contributed by atoms with Gasteiger partial charge in [-0.1, -0.05) is 72.5 Å². The van der Waals surface area contributed by atoms with Gasteiger partial charge in [-0.15, -0.1) is 0 Å². The van der Waals surface area contributed by atoms with E-state index in [1.54, 1.807) is 11.0 Å². The Morgan fingerprint density at radius 3 is 2.59 bits per heavy atom. The van der Waals surface area contributed by atoms with Crippen LogP contribution in [0.1, 0.15) is 21.5 Å². The van der Waals surface area contributed by atoms with E-state index in [1.807, 2.05) is 85.1 Å². The molecule has 0 radical (unpaired) electrons. The first-order valence-electron chi connectivity index (χ1n) is 10.6. The topological polar surface area (TPSA) is 51.5 Å². The number of para-hydroxylation sites is 2. The number of amides is 1. The summed E-state index contributed by atoms with van der Waals surface area (Å²) in [6.45, 7) is 0.574. The quantitative estimate of drug-likeness (QED) is 0.201. The minimum absolute atomic E-state index is 0.121. The number of thiocarbonyl (C=S) groups is 1. The number of hydrogen-bond donors (Lipinski definition) is 0. The highest BCUT2D eigenvalue weighted by atomic mass is 32.2.